The van der Waals surface area contributed by atoms with Crippen molar-refractivity contribution in [3.8, 4) is 6.07 Å². The lowest BCUT2D eigenvalue weighted by atomic mass is 9.87. The molecular weight excluding hydrogens is 290 g/mol. The Labute approximate surface area is 135 Å². The second kappa shape index (κ2) is 6.61. The molecule has 0 atom stereocenters. The minimum absolute atomic E-state index is 0.140. The van der Waals surface area contributed by atoms with E-state index < -0.39 is 5.41 Å². The van der Waals surface area contributed by atoms with Crippen molar-refractivity contribution < 1.29 is 4.79 Å². The Morgan fingerprint density at radius 1 is 1.35 bits per heavy atom. The summed E-state index contributed by atoms with van der Waals surface area (Å²) in [7, 11) is 0. The van der Waals surface area contributed by atoms with E-state index in [0.29, 0.717) is 25.9 Å². The highest BCUT2D eigenvalue weighted by molar-refractivity contribution is 5.85. The molecule has 0 spiro atoms. The van der Waals surface area contributed by atoms with Crippen molar-refractivity contribution >= 4 is 5.91 Å². The first kappa shape index (κ1) is 15.2. The Kier molecular flexibility index (Phi) is 4.38. The minimum Gasteiger partial charge on any atom is -0.351 e. The van der Waals surface area contributed by atoms with Crippen LogP contribution in [0.5, 0.6) is 0 Å². The molecule has 1 aliphatic carbocycles. The first-order chi connectivity index (χ1) is 11.2. The molecule has 1 aromatic heterocycles. The van der Waals surface area contributed by atoms with Crippen LogP contribution in [0, 0.1) is 16.7 Å². The second-order valence-corrected chi connectivity index (χ2v) is 6.00. The molecule has 6 heteroatoms. The minimum atomic E-state index is -0.821. The van der Waals surface area contributed by atoms with E-state index in [1.807, 2.05) is 24.3 Å². The Bertz CT molecular complexity index is 711. The number of carbonyl (C=O) groups is 1. The van der Waals surface area contributed by atoms with Crippen molar-refractivity contribution in [1.29, 1.82) is 5.26 Å². The van der Waals surface area contributed by atoms with Gasteiger partial charge in [0.05, 0.1) is 12.6 Å². The van der Waals surface area contributed by atoms with E-state index in [-0.39, 0.29) is 5.91 Å². The lowest BCUT2D eigenvalue weighted by molar-refractivity contribution is -0.128. The Morgan fingerprint density at radius 3 is 2.83 bits per heavy atom. The first-order valence-corrected chi connectivity index (χ1v) is 7.82. The Morgan fingerprint density at radius 2 is 2.13 bits per heavy atom. The molecule has 1 heterocycles. The molecule has 0 saturated heterocycles. The average Bonchev–Trinajstić information content (AvgIpc) is 3.25. The quantitative estimate of drug-likeness (QED) is 0.916. The Balaban J connectivity index is 1.62. The molecule has 23 heavy (non-hydrogen) atoms. The highest BCUT2D eigenvalue weighted by atomic mass is 16.2. The largest absolute Gasteiger partial charge is 0.351 e. The number of hydrogen-bond acceptors (Lipinski definition) is 4. The molecule has 2 aromatic rings. The molecule has 3 rings (SSSR count). The van der Waals surface area contributed by atoms with Gasteiger partial charge in [-0.1, -0.05) is 37.1 Å². The van der Waals surface area contributed by atoms with Gasteiger partial charge in [0.1, 0.15) is 18.1 Å². The molecule has 1 fully saturated rings. The van der Waals surface area contributed by atoms with E-state index in [4.69, 9.17) is 0 Å². The Hall–Kier alpha value is -2.68. The highest BCUT2D eigenvalue weighted by Crippen LogP contribution is 2.37. The maximum atomic E-state index is 12.4. The summed E-state index contributed by atoms with van der Waals surface area (Å²) in [6, 6.07) is 10.2. The zero-order valence-electron chi connectivity index (χ0n) is 12.9. The summed E-state index contributed by atoms with van der Waals surface area (Å²) in [5, 5.41) is 16.4. The zero-order valence-corrected chi connectivity index (χ0v) is 12.9. The van der Waals surface area contributed by atoms with Gasteiger partial charge in [-0.05, 0) is 24.0 Å². The van der Waals surface area contributed by atoms with Crippen LogP contribution in [0.25, 0.3) is 0 Å². The van der Waals surface area contributed by atoms with Crippen LogP contribution in [-0.2, 0) is 17.9 Å². The summed E-state index contributed by atoms with van der Waals surface area (Å²) in [5.41, 5.74) is 1.29. The highest BCUT2D eigenvalue weighted by Gasteiger charge is 2.41. The third kappa shape index (κ3) is 3.39. The topological polar surface area (TPSA) is 83.6 Å². The number of aromatic nitrogens is 3. The SMILES string of the molecule is N#CC1(C(=O)NCc2cccc(Cn3cncn3)c2)CCCC1. The van der Waals surface area contributed by atoms with Crippen LogP contribution in [0.3, 0.4) is 0 Å². The number of hydrogen-bond donors (Lipinski definition) is 1. The van der Waals surface area contributed by atoms with Gasteiger partial charge in [-0.2, -0.15) is 10.4 Å². The summed E-state index contributed by atoms with van der Waals surface area (Å²) in [4.78, 5) is 16.3. The second-order valence-electron chi connectivity index (χ2n) is 6.00. The van der Waals surface area contributed by atoms with Gasteiger partial charge in [0.25, 0.3) is 0 Å². The molecule has 1 saturated carbocycles. The van der Waals surface area contributed by atoms with Gasteiger partial charge in [-0.25, -0.2) is 9.67 Å². The maximum Gasteiger partial charge on any atom is 0.240 e. The number of nitrogens with zero attached hydrogens (tertiary/aromatic N) is 4. The number of benzene rings is 1. The van der Waals surface area contributed by atoms with Gasteiger partial charge < -0.3 is 5.32 Å². The van der Waals surface area contributed by atoms with Gasteiger partial charge in [0.2, 0.25) is 5.91 Å². The third-order valence-corrected chi connectivity index (χ3v) is 4.36. The van der Waals surface area contributed by atoms with Crippen molar-refractivity contribution in [3.63, 3.8) is 0 Å². The van der Waals surface area contributed by atoms with Crippen LogP contribution in [0.4, 0.5) is 0 Å². The summed E-state index contributed by atoms with van der Waals surface area (Å²) < 4.78 is 1.75. The van der Waals surface area contributed by atoms with Crippen LogP contribution in [0.2, 0.25) is 0 Å². The zero-order chi connectivity index (χ0) is 16.1. The van der Waals surface area contributed by atoms with Crippen LogP contribution >= 0.6 is 0 Å². The third-order valence-electron chi connectivity index (χ3n) is 4.36. The van der Waals surface area contributed by atoms with Crippen molar-refractivity contribution in [2.75, 3.05) is 0 Å². The lowest BCUT2D eigenvalue weighted by Gasteiger charge is -2.19. The molecule has 0 aliphatic heterocycles. The predicted octanol–water partition coefficient (Wildman–Crippen LogP) is 2.03. The number of rotatable bonds is 5. The maximum absolute atomic E-state index is 12.4. The summed E-state index contributed by atoms with van der Waals surface area (Å²) >= 11 is 0. The monoisotopic (exact) mass is 309 g/mol. The van der Waals surface area contributed by atoms with Gasteiger partial charge in [0, 0.05) is 6.54 Å². The van der Waals surface area contributed by atoms with Crippen LogP contribution in [0.1, 0.15) is 36.8 Å². The molecule has 0 radical (unpaired) electrons. The summed E-state index contributed by atoms with van der Waals surface area (Å²) in [6.07, 6.45) is 6.42. The molecular formula is C17H19N5O. The van der Waals surface area contributed by atoms with Crippen molar-refractivity contribution in [2.24, 2.45) is 5.41 Å². The fourth-order valence-corrected chi connectivity index (χ4v) is 3.06. The molecule has 1 amide bonds. The first-order valence-electron chi connectivity index (χ1n) is 7.82. The van der Waals surface area contributed by atoms with E-state index in [1.54, 1.807) is 11.0 Å². The lowest BCUT2D eigenvalue weighted by Crippen LogP contribution is -2.37. The summed E-state index contributed by atoms with van der Waals surface area (Å²) in [5.74, 6) is -0.140. The molecule has 0 unspecified atom stereocenters. The van der Waals surface area contributed by atoms with Crippen LogP contribution < -0.4 is 5.32 Å². The molecule has 118 valence electrons. The van der Waals surface area contributed by atoms with E-state index in [1.165, 1.54) is 6.33 Å². The molecule has 6 nitrogen and oxygen atoms in total. The number of amides is 1. The van der Waals surface area contributed by atoms with E-state index in [2.05, 4.69) is 21.5 Å². The van der Waals surface area contributed by atoms with Gasteiger partial charge >= 0.3 is 0 Å². The smallest absolute Gasteiger partial charge is 0.240 e. The number of nitrogens with one attached hydrogen (secondary N) is 1. The standard InChI is InChI=1S/C17H19N5O/c18-11-17(6-1-2-7-17)16(23)20-9-14-4-3-5-15(8-14)10-22-13-19-12-21-22/h3-5,8,12-13H,1-2,6-7,9-10H2,(H,20,23). The molecule has 1 aromatic carbocycles. The van der Waals surface area contributed by atoms with Gasteiger partial charge in [-0.3, -0.25) is 4.79 Å². The van der Waals surface area contributed by atoms with Crippen LogP contribution in [-0.4, -0.2) is 20.7 Å². The molecule has 1 aliphatic rings. The number of carbonyl (C=O) groups excluding carboxylic acids is 1. The summed E-state index contributed by atoms with van der Waals surface area (Å²) in [6.45, 7) is 1.08. The normalized spacial score (nSPS) is 16.0. The van der Waals surface area contributed by atoms with Crippen molar-refractivity contribution in [3.05, 3.63) is 48.0 Å². The van der Waals surface area contributed by atoms with E-state index in [9.17, 15) is 10.1 Å². The fourth-order valence-electron chi connectivity index (χ4n) is 3.06. The van der Waals surface area contributed by atoms with Gasteiger partial charge in [-0.15, -0.1) is 0 Å². The molecule has 1 N–H and O–H groups in total. The predicted molar refractivity (Wildman–Crippen MR) is 83.9 cm³/mol. The van der Waals surface area contributed by atoms with Crippen molar-refractivity contribution in [2.45, 2.75) is 38.8 Å². The fraction of sp³-hybridized carbons (Fsp3) is 0.412. The van der Waals surface area contributed by atoms with Crippen LogP contribution in [0.15, 0.2) is 36.9 Å². The van der Waals surface area contributed by atoms with Crippen molar-refractivity contribution in [1.82, 2.24) is 20.1 Å². The number of nitriles is 1. The van der Waals surface area contributed by atoms with Gasteiger partial charge in [0.15, 0.2) is 0 Å². The van der Waals surface area contributed by atoms with E-state index >= 15 is 0 Å². The average molecular weight is 309 g/mol. The van der Waals surface area contributed by atoms with E-state index in [0.717, 1.165) is 24.0 Å². The molecule has 0 bridgehead atoms.